The van der Waals surface area contributed by atoms with Crippen molar-refractivity contribution in [2.75, 3.05) is 7.11 Å². The van der Waals surface area contributed by atoms with Crippen molar-refractivity contribution in [3.63, 3.8) is 0 Å². The lowest BCUT2D eigenvalue weighted by Gasteiger charge is -2.14. The predicted octanol–water partition coefficient (Wildman–Crippen LogP) is 1.52. The van der Waals surface area contributed by atoms with Crippen LogP contribution in [0.25, 0.3) is 6.08 Å². The topological polar surface area (TPSA) is 128 Å². The van der Waals surface area contributed by atoms with Crippen molar-refractivity contribution in [3.8, 4) is 11.5 Å². The average Bonchev–Trinajstić information content (AvgIpc) is 2.65. The SMILES string of the molecule is COc1cc(C=C2C(=O)NC(=O)NC2=O)ccc1OS(=O)(=O)c1ccc(C)cc1. The zero-order chi connectivity index (χ0) is 21.2. The molecular weight excluding hydrogens is 400 g/mol. The molecule has 10 heteroatoms. The number of ether oxygens (including phenoxy) is 1. The maximum absolute atomic E-state index is 12.5. The Morgan fingerprint density at radius 3 is 2.10 bits per heavy atom. The molecule has 0 unspecified atom stereocenters. The maximum atomic E-state index is 12.5. The third-order valence-electron chi connectivity index (χ3n) is 3.95. The molecule has 0 aliphatic carbocycles. The van der Waals surface area contributed by atoms with Crippen LogP contribution in [0.3, 0.4) is 0 Å². The quantitative estimate of drug-likeness (QED) is 0.430. The van der Waals surface area contributed by atoms with E-state index in [4.69, 9.17) is 8.92 Å². The predicted molar refractivity (Wildman–Crippen MR) is 102 cm³/mol. The molecule has 29 heavy (non-hydrogen) atoms. The highest BCUT2D eigenvalue weighted by Gasteiger charge is 2.28. The van der Waals surface area contributed by atoms with E-state index in [1.54, 1.807) is 12.1 Å². The van der Waals surface area contributed by atoms with Gasteiger partial charge >= 0.3 is 16.1 Å². The van der Waals surface area contributed by atoms with Gasteiger partial charge < -0.3 is 8.92 Å². The van der Waals surface area contributed by atoms with Crippen molar-refractivity contribution in [1.82, 2.24) is 10.6 Å². The molecule has 1 saturated heterocycles. The zero-order valence-corrected chi connectivity index (χ0v) is 16.2. The van der Waals surface area contributed by atoms with Crippen molar-refractivity contribution in [3.05, 3.63) is 59.2 Å². The molecule has 1 aliphatic heterocycles. The summed E-state index contributed by atoms with van der Waals surface area (Å²) in [6.07, 6.45) is 1.23. The van der Waals surface area contributed by atoms with E-state index < -0.39 is 28.0 Å². The first-order valence-electron chi connectivity index (χ1n) is 8.27. The molecule has 0 aromatic heterocycles. The molecule has 0 radical (unpaired) electrons. The fourth-order valence-corrected chi connectivity index (χ4v) is 3.43. The smallest absolute Gasteiger partial charge is 0.339 e. The highest BCUT2D eigenvalue weighted by Crippen LogP contribution is 2.31. The molecule has 150 valence electrons. The summed E-state index contributed by atoms with van der Waals surface area (Å²) in [5.74, 6) is -1.69. The summed E-state index contributed by atoms with van der Waals surface area (Å²) in [6, 6.07) is 9.41. The number of carbonyl (C=O) groups excluding carboxylic acids is 3. The van der Waals surface area contributed by atoms with Crippen LogP contribution < -0.4 is 19.6 Å². The third-order valence-corrected chi connectivity index (χ3v) is 5.20. The summed E-state index contributed by atoms with van der Waals surface area (Å²) in [6.45, 7) is 1.83. The highest BCUT2D eigenvalue weighted by molar-refractivity contribution is 7.87. The Bertz CT molecular complexity index is 1110. The van der Waals surface area contributed by atoms with Crippen LogP contribution in [0.4, 0.5) is 4.79 Å². The fraction of sp³-hybridized carbons (Fsp3) is 0.105. The Labute approximate surface area is 166 Å². The molecule has 2 aromatic carbocycles. The monoisotopic (exact) mass is 416 g/mol. The summed E-state index contributed by atoms with van der Waals surface area (Å²) in [5, 5.41) is 3.92. The van der Waals surface area contributed by atoms with Gasteiger partial charge in [-0.15, -0.1) is 0 Å². The summed E-state index contributed by atoms with van der Waals surface area (Å²) in [7, 11) is -2.77. The summed E-state index contributed by atoms with van der Waals surface area (Å²) in [5.41, 5.74) is 0.973. The van der Waals surface area contributed by atoms with Crippen LogP contribution in [0.15, 0.2) is 52.9 Å². The van der Waals surface area contributed by atoms with Crippen LogP contribution in [0.1, 0.15) is 11.1 Å². The second-order valence-corrected chi connectivity index (χ2v) is 7.60. The van der Waals surface area contributed by atoms with Crippen LogP contribution in [0.2, 0.25) is 0 Å². The average molecular weight is 416 g/mol. The van der Waals surface area contributed by atoms with Gasteiger partial charge in [0.1, 0.15) is 10.5 Å². The molecule has 2 N–H and O–H groups in total. The fourth-order valence-electron chi connectivity index (χ4n) is 2.49. The number of carbonyl (C=O) groups is 3. The Balaban J connectivity index is 1.90. The minimum atomic E-state index is -4.09. The molecule has 2 aromatic rings. The molecule has 1 fully saturated rings. The van der Waals surface area contributed by atoms with Gasteiger partial charge in [-0.1, -0.05) is 23.8 Å². The number of amides is 4. The van der Waals surface area contributed by atoms with E-state index in [0.29, 0.717) is 5.56 Å². The van der Waals surface area contributed by atoms with Crippen LogP contribution >= 0.6 is 0 Å². The summed E-state index contributed by atoms with van der Waals surface area (Å²) in [4.78, 5) is 34.7. The maximum Gasteiger partial charge on any atom is 0.339 e. The molecule has 1 heterocycles. The lowest BCUT2D eigenvalue weighted by atomic mass is 10.1. The van der Waals surface area contributed by atoms with Gasteiger partial charge in [0, 0.05) is 0 Å². The van der Waals surface area contributed by atoms with Gasteiger partial charge in [-0.2, -0.15) is 8.42 Å². The van der Waals surface area contributed by atoms with Gasteiger partial charge in [-0.3, -0.25) is 20.2 Å². The van der Waals surface area contributed by atoms with Crippen molar-refractivity contribution in [1.29, 1.82) is 0 Å². The molecule has 1 aliphatic rings. The third kappa shape index (κ3) is 4.43. The molecule has 0 saturated carbocycles. The number of urea groups is 1. The largest absolute Gasteiger partial charge is 0.493 e. The van der Waals surface area contributed by atoms with Gasteiger partial charge in [0.05, 0.1) is 7.11 Å². The summed E-state index contributed by atoms with van der Waals surface area (Å²) < 4.78 is 35.3. The van der Waals surface area contributed by atoms with Gasteiger partial charge in [0.15, 0.2) is 11.5 Å². The van der Waals surface area contributed by atoms with Crippen molar-refractivity contribution >= 4 is 34.0 Å². The number of nitrogens with one attached hydrogen (secondary N) is 2. The van der Waals surface area contributed by atoms with Crippen molar-refractivity contribution in [2.45, 2.75) is 11.8 Å². The van der Waals surface area contributed by atoms with E-state index in [1.165, 1.54) is 43.5 Å². The molecule has 4 amide bonds. The highest BCUT2D eigenvalue weighted by atomic mass is 32.2. The number of rotatable bonds is 5. The van der Waals surface area contributed by atoms with Crippen molar-refractivity contribution < 1.29 is 31.7 Å². The Kier molecular flexibility index (Phi) is 5.37. The van der Waals surface area contributed by atoms with E-state index in [9.17, 15) is 22.8 Å². The lowest BCUT2D eigenvalue weighted by molar-refractivity contribution is -0.123. The number of aryl methyl sites for hydroxylation is 1. The minimum absolute atomic E-state index is 0.0171. The van der Waals surface area contributed by atoms with E-state index in [0.717, 1.165) is 5.56 Å². The van der Waals surface area contributed by atoms with E-state index in [-0.39, 0.29) is 22.0 Å². The van der Waals surface area contributed by atoms with E-state index >= 15 is 0 Å². The van der Waals surface area contributed by atoms with Crippen LogP contribution in [-0.4, -0.2) is 33.4 Å². The standard InChI is InChI=1S/C19H16N2O7S/c1-11-3-6-13(7-4-11)29(25,26)28-15-8-5-12(10-16(15)27-2)9-14-17(22)20-19(24)21-18(14)23/h3-10H,1-2H3,(H2,20,21,22,23,24). The van der Waals surface area contributed by atoms with E-state index in [2.05, 4.69) is 0 Å². The van der Waals surface area contributed by atoms with Gasteiger partial charge in [-0.05, 0) is 42.8 Å². The Morgan fingerprint density at radius 1 is 0.897 bits per heavy atom. The molecule has 3 rings (SSSR count). The number of imide groups is 2. The second kappa shape index (κ2) is 7.76. The molecule has 9 nitrogen and oxygen atoms in total. The first-order valence-corrected chi connectivity index (χ1v) is 9.68. The molecule has 0 atom stereocenters. The Hall–Kier alpha value is -3.66. The van der Waals surface area contributed by atoms with Crippen LogP contribution in [-0.2, 0) is 19.7 Å². The molecular formula is C19H16N2O7S. The van der Waals surface area contributed by atoms with E-state index in [1.807, 2.05) is 17.6 Å². The Morgan fingerprint density at radius 2 is 1.52 bits per heavy atom. The van der Waals surface area contributed by atoms with Gasteiger partial charge in [0.2, 0.25) is 0 Å². The number of hydrogen-bond acceptors (Lipinski definition) is 7. The summed E-state index contributed by atoms with van der Waals surface area (Å²) >= 11 is 0. The van der Waals surface area contributed by atoms with Gasteiger partial charge in [0.25, 0.3) is 11.8 Å². The number of methoxy groups -OCH3 is 1. The molecule has 0 bridgehead atoms. The van der Waals surface area contributed by atoms with Crippen LogP contribution in [0.5, 0.6) is 11.5 Å². The first kappa shape index (κ1) is 20.1. The lowest BCUT2D eigenvalue weighted by Crippen LogP contribution is -2.51. The molecule has 0 spiro atoms. The zero-order valence-electron chi connectivity index (χ0n) is 15.4. The van der Waals surface area contributed by atoms with Crippen LogP contribution in [0, 0.1) is 6.92 Å². The number of hydrogen-bond donors (Lipinski definition) is 2. The first-order chi connectivity index (χ1) is 13.7. The minimum Gasteiger partial charge on any atom is -0.493 e. The second-order valence-electron chi connectivity index (χ2n) is 6.06. The van der Waals surface area contributed by atoms with Gasteiger partial charge in [-0.25, -0.2) is 4.79 Å². The number of barbiturate groups is 1. The number of benzene rings is 2. The normalized spacial score (nSPS) is 14.1. The van der Waals surface area contributed by atoms with Crippen molar-refractivity contribution in [2.24, 2.45) is 0 Å².